The molecule has 0 aliphatic heterocycles. The van der Waals surface area contributed by atoms with Gasteiger partial charge in [0.25, 0.3) is 0 Å². The van der Waals surface area contributed by atoms with Crippen molar-refractivity contribution in [3.8, 4) is 5.75 Å². The molecule has 2 N–H and O–H groups in total. The van der Waals surface area contributed by atoms with Crippen molar-refractivity contribution in [1.82, 2.24) is 5.32 Å². The first-order valence-corrected chi connectivity index (χ1v) is 6.85. The minimum absolute atomic E-state index is 0.0139. The zero-order chi connectivity index (χ0) is 14.1. The van der Waals surface area contributed by atoms with Crippen LogP contribution in [0.3, 0.4) is 0 Å². The number of rotatable bonds is 8. The van der Waals surface area contributed by atoms with Crippen LogP contribution in [-0.2, 0) is 4.79 Å². The Bertz CT molecular complexity index is 374. The van der Waals surface area contributed by atoms with Gasteiger partial charge < -0.3 is 15.4 Å². The Kier molecular flexibility index (Phi) is 6.79. The molecule has 1 rings (SSSR count). The Morgan fingerprint density at radius 2 is 1.95 bits per heavy atom. The first-order valence-electron chi connectivity index (χ1n) is 6.85. The monoisotopic (exact) mass is 264 g/mol. The lowest BCUT2D eigenvalue weighted by Gasteiger charge is -2.10. The molecule has 1 aromatic carbocycles. The van der Waals surface area contributed by atoms with Gasteiger partial charge in [-0.1, -0.05) is 20.8 Å². The second-order valence-electron chi connectivity index (χ2n) is 4.92. The summed E-state index contributed by atoms with van der Waals surface area (Å²) in [5.74, 6) is 1.34. The summed E-state index contributed by atoms with van der Waals surface area (Å²) >= 11 is 0. The maximum atomic E-state index is 11.5. The molecule has 4 heteroatoms. The van der Waals surface area contributed by atoms with E-state index in [2.05, 4.69) is 31.4 Å². The Morgan fingerprint density at radius 3 is 2.53 bits per heavy atom. The molecule has 0 aliphatic carbocycles. The van der Waals surface area contributed by atoms with Crippen LogP contribution < -0.4 is 15.4 Å². The highest BCUT2D eigenvalue weighted by atomic mass is 16.5. The third-order valence-corrected chi connectivity index (χ3v) is 2.49. The van der Waals surface area contributed by atoms with Crippen LogP contribution in [0.25, 0.3) is 0 Å². The molecule has 0 unspecified atom stereocenters. The zero-order valence-electron chi connectivity index (χ0n) is 12.0. The predicted octanol–water partition coefficient (Wildman–Crippen LogP) is 2.66. The number of ether oxygens (including phenoxy) is 1. The molecular weight excluding hydrogens is 240 g/mol. The SMILES string of the molecule is CCCOc1ccc(NCC(=O)NCC(C)C)cc1. The van der Waals surface area contributed by atoms with Crippen molar-refractivity contribution in [2.24, 2.45) is 5.92 Å². The number of carbonyl (C=O) groups is 1. The molecule has 0 aromatic heterocycles. The van der Waals surface area contributed by atoms with Crippen LogP contribution in [-0.4, -0.2) is 25.6 Å². The van der Waals surface area contributed by atoms with Gasteiger partial charge in [-0.25, -0.2) is 0 Å². The van der Waals surface area contributed by atoms with Gasteiger partial charge in [0.05, 0.1) is 13.2 Å². The van der Waals surface area contributed by atoms with Gasteiger partial charge in [0, 0.05) is 12.2 Å². The van der Waals surface area contributed by atoms with Gasteiger partial charge in [0.15, 0.2) is 0 Å². The van der Waals surface area contributed by atoms with Gasteiger partial charge in [-0.05, 0) is 36.6 Å². The lowest BCUT2D eigenvalue weighted by Crippen LogP contribution is -2.32. The van der Waals surface area contributed by atoms with Crippen LogP contribution in [0, 0.1) is 5.92 Å². The number of hydrogen-bond donors (Lipinski definition) is 2. The first kappa shape index (κ1) is 15.3. The third-order valence-electron chi connectivity index (χ3n) is 2.49. The molecule has 0 fully saturated rings. The largest absolute Gasteiger partial charge is 0.494 e. The molecule has 1 aromatic rings. The highest BCUT2D eigenvalue weighted by molar-refractivity contribution is 5.80. The summed E-state index contributed by atoms with van der Waals surface area (Å²) < 4.78 is 5.49. The number of nitrogens with one attached hydrogen (secondary N) is 2. The molecule has 0 bridgehead atoms. The smallest absolute Gasteiger partial charge is 0.239 e. The normalized spacial score (nSPS) is 10.3. The first-order chi connectivity index (χ1) is 9.11. The van der Waals surface area contributed by atoms with E-state index in [0.717, 1.165) is 24.5 Å². The molecule has 19 heavy (non-hydrogen) atoms. The van der Waals surface area contributed by atoms with Gasteiger partial charge in [-0.2, -0.15) is 0 Å². The molecule has 0 saturated heterocycles. The van der Waals surface area contributed by atoms with Crippen LogP contribution in [0.15, 0.2) is 24.3 Å². The van der Waals surface area contributed by atoms with Gasteiger partial charge in [-0.3, -0.25) is 4.79 Å². The van der Waals surface area contributed by atoms with E-state index >= 15 is 0 Å². The Morgan fingerprint density at radius 1 is 1.26 bits per heavy atom. The van der Waals surface area contributed by atoms with E-state index in [1.807, 2.05) is 24.3 Å². The maximum Gasteiger partial charge on any atom is 0.239 e. The second kappa shape index (κ2) is 8.40. The van der Waals surface area contributed by atoms with Crippen LogP contribution >= 0.6 is 0 Å². The molecule has 0 heterocycles. The Hall–Kier alpha value is -1.71. The van der Waals surface area contributed by atoms with Crippen LogP contribution in [0.1, 0.15) is 27.2 Å². The molecule has 0 saturated carbocycles. The maximum absolute atomic E-state index is 11.5. The Labute approximate surface area is 115 Å². The molecular formula is C15H24N2O2. The molecule has 0 aliphatic rings. The van der Waals surface area contributed by atoms with Gasteiger partial charge in [-0.15, -0.1) is 0 Å². The molecule has 1 amide bonds. The molecule has 4 nitrogen and oxygen atoms in total. The van der Waals surface area contributed by atoms with E-state index in [1.165, 1.54) is 0 Å². The average molecular weight is 264 g/mol. The fraction of sp³-hybridized carbons (Fsp3) is 0.533. The van der Waals surface area contributed by atoms with E-state index in [0.29, 0.717) is 19.0 Å². The van der Waals surface area contributed by atoms with E-state index in [9.17, 15) is 4.79 Å². The molecule has 0 spiro atoms. The van der Waals surface area contributed by atoms with Crippen molar-refractivity contribution in [3.05, 3.63) is 24.3 Å². The standard InChI is InChI=1S/C15H24N2O2/c1-4-9-19-14-7-5-13(6-8-14)16-11-15(18)17-10-12(2)3/h5-8,12,16H,4,9-11H2,1-3H3,(H,17,18). The molecule has 106 valence electrons. The summed E-state index contributed by atoms with van der Waals surface area (Å²) in [6, 6.07) is 7.65. The van der Waals surface area contributed by atoms with Crippen molar-refractivity contribution in [3.63, 3.8) is 0 Å². The summed E-state index contributed by atoms with van der Waals surface area (Å²) in [7, 11) is 0. The van der Waals surface area contributed by atoms with Gasteiger partial charge >= 0.3 is 0 Å². The topological polar surface area (TPSA) is 50.4 Å². The molecule has 0 radical (unpaired) electrons. The summed E-state index contributed by atoms with van der Waals surface area (Å²) in [5, 5.41) is 5.95. The van der Waals surface area contributed by atoms with E-state index < -0.39 is 0 Å². The Balaban J connectivity index is 2.31. The van der Waals surface area contributed by atoms with Crippen LogP contribution in [0.2, 0.25) is 0 Å². The minimum Gasteiger partial charge on any atom is -0.494 e. The average Bonchev–Trinajstić information content (AvgIpc) is 2.41. The van der Waals surface area contributed by atoms with Crippen molar-refractivity contribution in [2.45, 2.75) is 27.2 Å². The minimum atomic E-state index is 0.0139. The second-order valence-corrected chi connectivity index (χ2v) is 4.92. The predicted molar refractivity (Wildman–Crippen MR) is 78.6 cm³/mol. The van der Waals surface area contributed by atoms with Crippen LogP contribution in [0.4, 0.5) is 5.69 Å². The number of hydrogen-bond acceptors (Lipinski definition) is 3. The number of amides is 1. The quantitative estimate of drug-likeness (QED) is 0.759. The fourth-order valence-electron chi connectivity index (χ4n) is 1.45. The fourth-order valence-corrected chi connectivity index (χ4v) is 1.45. The third kappa shape index (κ3) is 6.70. The zero-order valence-corrected chi connectivity index (χ0v) is 12.0. The van der Waals surface area contributed by atoms with Crippen molar-refractivity contribution >= 4 is 11.6 Å². The van der Waals surface area contributed by atoms with Crippen molar-refractivity contribution in [2.75, 3.05) is 25.0 Å². The molecule has 0 atom stereocenters. The summed E-state index contributed by atoms with van der Waals surface area (Å²) in [4.78, 5) is 11.5. The summed E-state index contributed by atoms with van der Waals surface area (Å²) in [6.45, 7) is 7.95. The van der Waals surface area contributed by atoms with E-state index in [4.69, 9.17) is 4.74 Å². The van der Waals surface area contributed by atoms with Crippen molar-refractivity contribution < 1.29 is 9.53 Å². The van der Waals surface area contributed by atoms with Gasteiger partial charge in [0.1, 0.15) is 5.75 Å². The lowest BCUT2D eigenvalue weighted by atomic mass is 10.2. The summed E-state index contributed by atoms with van der Waals surface area (Å²) in [5.41, 5.74) is 0.920. The number of anilines is 1. The number of benzene rings is 1. The van der Waals surface area contributed by atoms with E-state index in [-0.39, 0.29) is 5.91 Å². The highest BCUT2D eigenvalue weighted by Crippen LogP contribution is 2.15. The highest BCUT2D eigenvalue weighted by Gasteiger charge is 2.02. The van der Waals surface area contributed by atoms with E-state index in [1.54, 1.807) is 0 Å². The number of carbonyl (C=O) groups excluding carboxylic acids is 1. The summed E-state index contributed by atoms with van der Waals surface area (Å²) in [6.07, 6.45) is 0.996. The lowest BCUT2D eigenvalue weighted by molar-refractivity contribution is -0.119. The van der Waals surface area contributed by atoms with Gasteiger partial charge in [0.2, 0.25) is 5.91 Å². The van der Waals surface area contributed by atoms with Crippen LogP contribution in [0.5, 0.6) is 5.75 Å². The van der Waals surface area contributed by atoms with Crippen molar-refractivity contribution in [1.29, 1.82) is 0 Å².